The lowest BCUT2D eigenvalue weighted by atomic mass is 10.3. The number of ether oxygens (including phenoxy) is 1. The molecule has 0 unspecified atom stereocenters. The minimum atomic E-state index is 0.0638. The Bertz CT molecular complexity index is 895. The standard InChI is InChI=1S/C16H16N4O2S/c1-9-7-14(18-15(21)10-3-4-10)20(19-9)16-17-12-8-11(22-2)5-6-13(12)23-16/h5-8,10H,3-4H2,1-2H3,(H,18,21). The monoisotopic (exact) mass is 328 g/mol. The van der Waals surface area contributed by atoms with Gasteiger partial charge in [-0.2, -0.15) is 9.78 Å². The number of aromatic nitrogens is 3. The van der Waals surface area contributed by atoms with Gasteiger partial charge in [0.25, 0.3) is 0 Å². The van der Waals surface area contributed by atoms with Crippen molar-refractivity contribution in [2.45, 2.75) is 19.8 Å². The van der Waals surface area contributed by atoms with Gasteiger partial charge in [-0.25, -0.2) is 4.98 Å². The Kier molecular flexibility index (Phi) is 3.30. The van der Waals surface area contributed by atoms with E-state index in [1.54, 1.807) is 11.8 Å². The van der Waals surface area contributed by atoms with Gasteiger partial charge in [0.05, 0.1) is 23.0 Å². The second kappa shape index (κ2) is 5.34. The summed E-state index contributed by atoms with van der Waals surface area (Å²) in [6.45, 7) is 1.90. The van der Waals surface area contributed by atoms with Crippen LogP contribution in [0, 0.1) is 12.8 Å². The van der Waals surface area contributed by atoms with Crippen LogP contribution in [0.3, 0.4) is 0 Å². The molecule has 23 heavy (non-hydrogen) atoms. The molecule has 7 heteroatoms. The Hall–Kier alpha value is -2.41. The number of nitrogens with one attached hydrogen (secondary N) is 1. The molecule has 2 aromatic heterocycles. The Balaban J connectivity index is 1.73. The molecule has 0 atom stereocenters. The van der Waals surface area contributed by atoms with E-state index in [0.29, 0.717) is 5.82 Å². The number of carbonyl (C=O) groups excluding carboxylic acids is 1. The van der Waals surface area contributed by atoms with Crippen molar-refractivity contribution in [2.75, 3.05) is 12.4 Å². The van der Waals surface area contributed by atoms with Gasteiger partial charge in [-0.05, 0) is 31.9 Å². The second-order valence-electron chi connectivity index (χ2n) is 5.68. The van der Waals surface area contributed by atoms with E-state index in [9.17, 15) is 4.79 Å². The molecule has 1 N–H and O–H groups in total. The van der Waals surface area contributed by atoms with Crippen LogP contribution >= 0.6 is 11.3 Å². The summed E-state index contributed by atoms with van der Waals surface area (Å²) in [5.74, 6) is 1.66. The fourth-order valence-electron chi connectivity index (χ4n) is 2.42. The summed E-state index contributed by atoms with van der Waals surface area (Å²) < 4.78 is 7.99. The van der Waals surface area contributed by atoms with Crippen molar-refractivity contribution in [1.29, 1.82) is 0 Å². The number of hydrogen-bond donors (Lipinski definition) is 1. The second-order valence-corrected chi connectivity index (χ2v) is 6.69. The summed E-state index contributed by atoms with van der Waals surface area (Å²) in [6, 6.07) is 7.66. The molecule has 1 aliphatic rings. The molecule has 1 aromatic carbocycles. The first-order chi connectivity index (χ1) is 11.1. The van der Waals surface area contributed by atoms with E-state index in [2.05, 4.69) is 15.4 Å². The Morgan fingerprint density at radius 2 is 2.22 bits per heavy atom. The van der Waals surface area contributed by atoms with E-state index < -0.39 is 0 Å². The molecular weight excluding hydrogens is 312 g/mol. The maximum absolute atomic E-state index is 12.0. The van der Waals surface area contributed by atoms with Crippen molar-refractivity contribution < 1.29 is 9.53 Å². The highest BCUT2D eigenvalue weighted by molar-refractivity contribution is 7.20. The van der Waals surface area contributed by atoms with Gasteiger partial charge in [0, 0.05) is 18.1 Å². The smallest absolute Gasteiger partial charge is 0.228 e. The molecule has 1 fully saturated rings. The third-order valence-electron chi connectivity index (χ3n) is 3.80. The average Bonchev–Trinajstić information content (AvgIpc) is 3.21. The zero-order valence-electron chi connectivity index (χ0n) is 12.9. The van der Waals surface area contributed by atoms with Crippen molar-refractivity contribution >= 4 is 33.3 Å². The van der Waals surface area contributed by atoms with Gasteiger partial charge in [-0.3, -0.25) is 4.79 Å². The number of benzene rings is 1. The molecule has 0 spiro atoms. The fraction of sp³-hybridized carbons (Fsp3) is 0.312. The number of nitrogens with zero attached hydrogens (tertiary/aromatic N) is 3. The largest absolute Gasteiger partial charge is 0.497 e. The molecule has 118 valence electrons. The van der Waals surface area contributed by atoms with E-state index in [1.807, 2.05) is 31.2 Å². The van der Waals surface area contributed by atoms with Crippen molar-refractivity contribution in [2.24, 2.45) is 5.92 Å². The summed E-state index contributed by atoms with van der Waals surface area (Å²) >= 11 is 1.53. The molecule has 4 rings (SSSR count). The highest BCUT2D eigenvalue weighted by Gasteiger charge is 2.30. The minimum absolute atomic E-state index is 0.0638. The van der Waals surface area contributed by atoms with Crippen LogP contribution in [0.1, 0.15) is 18.5 Å². The van der Waals surface area contributed by atoms with Gasteiger partial charge < -0.3 is 10.1 Å². The van der Waals surface area contributed by atoms with Crippen molar-refractivity contribution in [3.8, 4) is 10.9 Å². The molecule has 1 amide bonds. The summed E-state index contributed by atoms with van der Waals surface area (Å²) in [5, 5.41) is 8.16. The predicted octanol–water partition coefficient (Wildman–Crippen LogP) is 3.15. The molecule has 3 aromatic rings. The van der Waals surface area contributed by atoms with E-state index in [4.69, 9.17) is 4.74 Å². The Labute approximate surface area is 137 Å². The number of rotatable bonds is 4. The van der Waals surface area contributed by atoms with Crippen molar-refractivity contribution in [3.05, 3.63) is 30.0 Å². The van der Waals surface area contributed by atoms with Crippen LogP contribution in [-0.2, 0) is 4.79 Å². The van der Waals surface area contributed by atoms with Crippen molar-refractivity contribution in [1.82, 2.24) is 14.8 Å². The summed E-state index contributed by atoms with van der Waals surface area (Å²) in [5.41, 5.74) is 1.70. The van der Waals surface area contributed by atoms with Gasteiger partial charge in [-0.1, -0.05) is 11.3 Å². The normalized spacial score (nSPS) is 14.2. The number of amides is 1. The molecule has 0 aliphatic heterocycles. The van der Waals surface area contributed by atoms with Crippen LogP contribution in [-0.4, -0.2) is 27.8 Å². The Morgan fingerprint density at radius 3 is 2.96 bits per heavy atom. The van der Waals surface area contributed by atoms with Gasteiger partial charge in [0.1, 0.15) is 11.6 Å². The first-order valence-corrected chi connectivity index (χ1v) is 8.28. The third-order valence-corrected chi connectivity index (χ3v) is 4.81. The summed E-state index contributed by atoms with van der Waals surface area (Å²) in [7, 11) is 1.64. The van der Waals surface area contributed by atoms with E-state index in [0.717, 1.165) is 39.6 Å². The van der Waals surface area contributed by atoms with Crippen LogP contribution < -0.4 is 10.1 Å². The third kappa shape index (κ3) is 2.68. The van der Waals surface area contributed by atoms with Crippen LogP contribution in [0.25, 0.3) is 15.3 Å². The number of hydrogen-bond acceptors (Lipinski definition) is 5. The van der Waals surface area contributed by atoms with E-state index >= 15 is 0 Å². The molecule has 0 bridgehead atoms. The number of anilines is 1. The fourth-order valence-corrected chi connectivity index (χ4v) is 3.33. The molecule has 0 radical (unpaired) electrons. The first kappa shape index (κ1) is 14.2. The van der Waals surface area contributed by atoms with Crippen LogP contribution in [0.2, 0.25) is 0 Å². The minimum Gasteiger partial charge on any atom is -0.497 e. The van der Waals surface area contributed by atoms with E-state index in [-0.39, 0.29) is 11.8 Å². The number of fused-ring (bicyclic) bond motifs is 1. The summed E-state index contributed by atoms with van der Waals surface area (Å²) in [4.78, 5) is 16.7. The molecule has 2 heterocycles. The van der Waals surface area contributed by atoms with Crippen LogP contribution in [0.4, 0.5) is 5.82 Å². The van der Waals surface area contributed by atoms with Crippen molar-refractivity contribution in [3.63, 3.8) is 0 Å². The number of methoxy groups -OCH3 is 1. The number of thiazole rings is 1. The van der Waals surface area contributed by atoms with Gasteiger partial charge >= 0.3 is 0 Å². The van der Waals surface area contributed by atoms with E-state index in [1.165, 1.54) is 11.3 Å². The SMILES string of the molecule is COc1ccc2sc(-n3nc(C)cc3NC(=O)C3CC3)nc2c1. The maximum Gasteiger partial charge on any atom is 0.228 e. The van der Waals surface area contributed by atoms with Crippen LogP contribution in [0.15, 0.2) is 24.3 Å². The number of carbonyl (C=O) groups is 1. The lowest BCUT2D eigenvalue weighted by Crippen LogP contribution is -2.16. The van der Waals surface area contributed by atoms with Crippen LogP contribution in [0.5, 0.6) is 5.75 Å². The maximum atomic E-state index is 12.0. The average molecular weight is 328 g/mol. The molecular formula is C16H16N4O2S. The van der Waals surface area contributed by atoms with Gasteiger partial charge in [-0.15, -0.1) is 0 Å². The highest BCUT2D eigenvalue weighted by atomic mass is 32.1. The molecule has 1 aliphatic carbocycles. The topological polar surface area (TPSA) is 69.0 Å². The summed E-state index contributed by atoms with van der Waals surface area (Å²) in [6.07, 6.45) is 1.94. The number of aryl methyl sites for hydroxylation is 1. The Morgan fingerprint density at radius 1 is 1.39 bits per heavy atom. The first-order valence-electron chi connectivity index (χ1n) is 7.46. The highest BCUT2D eigenvalue weighted by Crippen LogP contribution is 2.32. The lowest BCUT2D eigenvalue weighted by Gasteiger charge is -2.05. The molecule has 6 nitrogen and oxygen atoms in total. The molecule has 0 saturated heterocycles. The lowest BCUT2D eigenvalue weighted by molar-refractivity contribution is -0.117. The predicted molar refractivity (Wildman–Crippen MR) is 89.4 cm³/mol. The zero-order chi connectivity index (χ0) is 16.0. The quantitative estimate of drug-likeness (QED) is 0.799. The van der Waals surface area contributed by atoms with Gasteiger partial charge in [0.15, 0.2) is 0 Å². The zero-order valence-corrected chi connectivity index (χ0v) is 13.7. The molecule has 1 saturated carbocycles. The van der Waals surface area contributed by atoms with Gasteiger partial charge in [0.2, 0.25) is 11.0 Å².